The summed E-state index contributed by atoms with van der Waals surface area (Å²) in [6, 6.07) is 0. The van der Waals surface area contributed by atoms with Gasteiger partial charge in [0.05, 0.1) is 6.61 Å². The molecule has 1 heterocycles. The Morgan fingerprint density at radius 3 is 2.38 bits per heavy atom. The standard InChI is InChI=1S/C9H18O7/c1-2-5(11)16-8-7(13)6(12)4(3-10)15-9(8)14/h4-14H,2-3H2,1H3/t4-,5?,6-,7+,8+,9-/m1/s1. The van der Waals surface area contributed by atoms with Gasteiger partial charge >= 0.3 is 0 Å². The fourth-order valence-corrected chi connectivity index (χ4v) is 1.50. The normalized spacial score (nSPS) is 42.0. The van der Waals surface area contributed by atoms with Gasteiger partial charge in [-0.3, -0.25) is 0 Å². The maximum absolute atomic E-state index is 9.62. The van der Waals surface area contributed by atoms with Gasteiger partial charge in [0.15, 0.2) is 12.6 Å². The summed E-state index contributed by atoms with van der Waals surface area (Å²) < 4.78 is 9.75. The van der Waals surface area contributed by atoms with Crippen LogP contribution in [0, 0.1) is 0 Å². The van der Waals surface area contributed by atoms with Crippen LogP contribution in [-0.2, 0) is 9.47 Å². The van der Waals surface area contributed by atoms with Gasteiger partial charge < -0.3 is 35.0 Å². The van der Waals surface area contributed by atoms with E-state index >= 15 is 0 Å². The predicted octanol–water partition coefficient (Wildman–Crippen LogP) is -2.47. The molecule has 1 aliphatic heterocycles. The van der Waals surface area contributed by atoms with Gasteiger partial charge in [-0.1, -0.05) is 6.92 Å². The van der Waals surface area contributed by atoms with E-state index < -0.39 is 43.6 Å². The molecule has 1 aliphatic rings. The first kappa shape index (κ1) is 13.8. The molecule has 0 aromatic carbocycles. The van der Waals surface area contributed by atoms with Crippen molar-refractivity contribution in [1.29, 1.82) is 0 Å². The van der Waals surface area contributed by atoms with Crippen LogP contribution in [0.4, 0.5) is 0 Å². The molecule has 96 valence electrons. The first-order valence-corrected chi connectivity index (χ1v) is 5.15. The molecular formula is C9H18O7. The zero-order valence-electron chi connectivity index (χ0n) is 8.93. The van der Waals surface area contributed by atoms with Crippen molar-refractivity contribution in [3.8, 4) is 0 Å². The Labute approximate surface area is 92.9 Å². The van der Waals surface area contributed by atoms with E-state index in [0.29, 0.717) is 0 Å². The second-order valence-electron chi connectivity index (χ2n) is 3.69. The molecule has 0 bridgehead atoms. The number of ether oxygens (including phenoxy) is 2. The third kappa shape index (κ3) is 2.89. The quantitative estimate of drug-likeness (QED) is 0.344. The van der Waals surface area contributed by atoms with E-state index in [1.807, 2.05) is 0 Å². The predicted molar refractivity (Wildman–Crippen MR) is 51.2 cm³/mol. The second-order valence-corrected chi connectivity index (χ2v) is 3.69. The lowest BCUT2D eigenvalue weighted by Crippen LogP contribution is -2.60. The highest BCUT2D eigenvalue weighted by Gasteiger charge is 2.44. The number of aliphatic hydroxyl groups excluding tert-OH is 5. The van der Waals surface area contributed by atoms with E-state index in [4.69, 9.17) is 14.6 Å². The Morgan fingerprint density at radius 1 is 1.25 bits per heavy atom. The van der Waals surface area contributed by atoms with Crippen molar-refractivity contribution < 1.29 is 35.0 Å². The zero-order valence-corrected chi connectivity index (χ0v) is 8.93. The lowest BCUT2D eigenvalue weighted by atomic mass is 9.99. The maximum Gasteiger partial charge on any atom is 0.184 e. The molecule has 0 aromatic heterocycles. The summed E-state index contributed by atoms with van der Waals surface area (Å²) in [5, 5.41) is 46.6. The first-order valence-electron chi connectivity index (χ1n) is 5.15. The topological polar surface area (TPSA) is 120 Å². The van der Waals surface area contributed by atoms with Crippen molar-refractivity contribution in [2.45, 2.75) is 50.3 Å². The number of rotatable bonds is 4. The van der Waals surface area contributed by atoms with Crippen LogP contribution < -0.4 is 0 Å². The fraction of sp³-hybridized carbons (Fsp3) is 1.00. The lowest BCUT2D eigenvalue weighted by Gasteiger charge is -2.40. The first-order chi connectivity index (χ1) is 7.51. The maximum atomic E-state index is 9.62. The molecule has 1 fully saturated rings. The lowest BCUT2D eigenvalue weighted by molar-refractivity contribution is -0.319. The minimum Gasteiger partial charge on any atom is -0.394 e. The van der Waals surface area contributed by atoms with Crippen LogP contribution in [0.1, 0.15) is 13.3 Å². The Hall–Kier alpha value is -0.280. The monoisotopic (exact) mass is 238 g/mol. The summed E-state index contributed by atoms with van der Waals surface area (Å²) in [7, 11) is 0. The zero-order chi connectivity index (χ0) is 12.3. The van der Waals surface area contributed by atoms with Crippen molar-refractivity contribution in [2.24, 2.45) is 0 Å². The highest BCUT2D eigenvalue weighted by atomic mass is 16.7. The Kier molecular flexibility index (Phi) is 5.06. The summed E-state index contributed by atoms with van der Waals surface area (Å²) in [5.41, 5.74) is 0. The summed E-state index contributed by atoms with van der Waals surface area (Å²) in [4.78, 5) is 0. The van der Waals surface area contributed by atoms with Gasteiger partial charge in [0.25, 0.3) is 0 Å². The largest absolute Gasteiger partial charge is 0.394 e. The third-order valence-corrected chi connectivity index (χ3v) is 2.51. The molecule has 0 aromatic rings. The minimum absolute atomic E-state index is 0.273. The molecule has 0 radical (unpaired) electrons. The molecule has 16 heavy (non-hydrogen) atoms. The Bertz CT molecular complexity index is 212. The van der Waals surface area contributed by atoms with Crippen LogP contribution in [-0.4, -0.2) is 69.1 Å². The van der Waals surface area contributed by atoms with Crippen molar-refractivity contribution in [3.05, 3.63) is 0 Å². The molecule has 1 saturated heterocycles. The van der Waals surface area contributed by atoms with Crippen LogP contribution >= 0.6 is 0 Å². The summed E-state index contributed by atoms with van der Waals surface area (Å²) in [5.74, 6) is 0. The molecule has 0 spiro atoms. The summed E-state index contributed by atoms with van der Waals surface area (Å²) in [6.45, 7) is 1.12. The van der Waals surface area contributed by atoms with Crippen LogP contribution in [0.5, 0.6) is 0 Å². The van der Waals surface area contributed by atoms with Gasteiger partial charge in [0.1, 0.15) is 24.4 Å². The van der Waals surface area contributed by atoms with Gasteiger partial charge in [-0.05, 0) is 6.42 Å². The van der Waals surface area contributed by atoms with Crippen molar-refractivity contribution in [1.82, 2.24) is 0 Å². The highest BCUT2D eigenvalue weighted by molar-refractivity contribution is 4.89. The van der Waals surface area contributed by atoms with E-state index in [2.05, 4.69) is 0 Å². The Balaban J connectivity index is 2.64. The molecule has 0 aliphatic carbocycles. The second kappa shape index (κ2) is 5.87. The average molecular weight is 238 g/mol. The molecule has 6 atom stereocenters. The van der Waals surface area contributed by atoms with Crippen molar-refractivity contribution in [3.63, 3.8) is 0 Å². The summed E-state index contributed by atoms with van der Waals surface area (Å²) >= 11 is 0. The van der Waals surface area contributed by atoms with Crippen molar-refractivity contribution in [2.75, 3.05) is 6.61 Å². The average Bonchev–Trinajstić information content (AvgIpc) is 2.28. The molecule has 0 saturated carbocycles. The Morgan fingerprint density at radius 2 is 1.88 bits per heavy atom. The number of hydrogen-bond acceptors (Lipinski definition) is 7. The van der Waals surface area contributed by atoms with Crippen molar-refractivity contribution >= 4 is 0 Å². The van der Waals surface area contributed by atoms with Crippen LogP contribution in [0.25, 0.3) is 0 Å². The molecule has 7 nitrogen and oxygen atoms in total. The molecule has 5 N–H and O–H groups in total. The van der Waals surface area contributed by atoms with Gasteiger partial charge in [-0.25, -0.2) is 0 Å². The van der Waals surface area contributed by atoms with E-state index in [0.717, 1.165) is 0 Å². The van der Waals surface area contributed by atoms with E-state index in [1.54, 1.807) is 6.92 Å². The molecular weight excluding hydrogens is 220 g/mol. The fourth-order valence-electron chi connectivity index (χ4n) is 1.50. The number of aliphatic hydroxyl groups is 5. The molecule has 0 amide bonds. The highest BCUT2D eigenvalue weighted by Crippen LogP contribution is 2.23. The number of hydrogen-bond donors (Lipinski definition) is 5. The van der Waals surface area contributed by atoms with Gasteiger partial charge in [0, 0.05) is 0 Å². The van der Waals surface area contributed by atoms with Gasteiger partial charge in [0.2, 0.25) is 0 Å². The smallest absolute Gasteiger partial charge is 0.184 e. The van der Waals surface area contributed by atoms with Crippen LogP contribution in [0.2, 0.25) is 0 Å². The van der Waals surface area contributed by atoms with Crippen LogP contribution in [0.15, 0.2) is 0 Å². The van der Waals surface area contributed by atoms with E-state index in [9.17, 15) is 20.4 Å². The van der Waals surface area contributed by atoms with Gasteiger partial charge in [-0.15, -0.1) is 0 Å². The molecule has 1 unspecified atom stereocenters. The molecule has 7 heteroatoms. The summed E-state index contributed by atoms with van der Waals surface area (Å²) in [6.07, 6.45) is -7.50. The SMILES string of the molecule is CCC(O)O[C@H]1[C@@H](O)[C@H](O)[C@@H](CO)O[C@H]1O. The van der Waals surface area contributed by atoms with Gasteiger partial charge in [-0.2, -0.15) is 0 Å². The van der Waals surface area contributed by atoms with Crippen LogP contribution in [0.3, 0.4) is 0 Å². The third-order valence-electron chi connectivity index (χ3n) is 2.51. The molecule has 1 rings (SSSR count). The van der Waals surface area contributed by atoms with E-state index in [1.165, 1.54) is 0 Å². The van der Waals surface area contributed by atoms with E-state index in [-0.39, 0.29) is 6.42 Å². The minimum atomic E-state index is -1.50.